The predicted octanol–water partition coefficient (Wildman–Crippen LogP) is 3.73. The number of hydrogen-bond acceptors (Lipinski definition) is 3. The average molecular weight is 397 g/mol. The van der Waals surface area contributed by atoms with Crippen LogP contribution in [-0.2, 0) is 0 Å². The third-order valence-electron chi connectivity index (χ3n) is 4.26. The molecule has 2 aromatic carbocycles. The lowest BCUT2D eigenvalue weighted by Crippen LogP contribution is -2.45. The Kier molecular flexibility index (Phi) is 5.48. The van der Waals surface area contributed by atoms with E-state index in [9.17, 15) is 8.78 Å². The summed E-state index contributed by atoms with van der Waals surface area (Å²) in [4.78, 5) is 2.19. The predicted molar refractivity (Wildman–Crippen MR) is 93.3 cm³/mol. The van der Waals surface area contributed by atoms with Gasteiger partial charge in [0.1, 0.15) is 17.4 Å². The van der Waals surface area contributed by atoms with E-state index in [0.717, 1.165) is 42.3 Å². The molecule has 1 fully saturated rings. The largest absolute Gasteiger partial charge is 0.496 e. The van der Waals surface area contributed by atoms with Gasteiger partial charge in [0, 0.05) is 47.8 Å². The normalized spacial score (nSPS) is 16.8. The quantitative estimate of drug-likeness (QED) is 0.851. The molecule has 1 heterocycles. The zero-order valence-electron chi connectivity index (χ0n) is 13.4. The van der Waals surface area contributed by atoms with Crippen molar-refractivity contribution in [1.82, 2.24) is 10.2 Å². The van der Waals surface area contributed by atoms with Gasteiger partial charge in [0.25, 0.3) is 0 Å². The highest BCUT2D eigenvalue weighted by Crippen LogP contribution is 2.37. The highest BCUT2D eigenvalue weighted by Gasteiger charge is 2.29. The Morgan fingerprint density at radius 2 is 1.83 bits per heavy atom. The van der Waals surface area contributed by atoms with E-state index in [1.54, 1.807) is 7.11 Å². The van der Waals surface area contributed by atoms with Crippen LogP contribution in [0.4, 0.5) is 8.78 Å². The van der Waals surface area contributed by atoms with Gasteiger partial charge in [0.05, 0.1) is 13.2 Å². The van der Waals surface area contributed by atoms with Crippen LogP contribution in [0.1, 0.15) is 17.2 Å². The van der Waals surface area contributed by atoms with Crippen LogP contribution in [-0.4, -0.2) is 38.2 Å². The molecule has 0 aliphatic carbocycles. The highest BCUT2D eigenvalue weighted by atomic mass is 79.9. The summed E-state index contributed by atoms with van der Waals surface area (Å²) in [5.41, 5.74) is 1.31. The summed E-state index contributed by atoms with van der Waals surface area (Å²) in [6, 6.07) is 9.12. The Morgan fingerprint density at radius 1 is 1.08 bits per heavy atom. The maximum absolute atomic E-state index is 14.5. The summed E-state index contributed by atoms with van der Waals surface area (Å²) < 4.78 is 34.3. The Hall–Kier alpha value is -1.50. The second-order valence-electron chi connectivity index (χ2n) is 5.74. The van der Waals surface area contributed by atoms with Gasteiger partial charge in [-0.1, -0.05) is 22.0 Å². The van der Waals surface area contributed by atoms with Crippen LogP contribution in [0.15, 0.2) is 40.9 Å². The lowest BCUT2D eigenvalue weighted by molar-refractivity contribution is 0.192. The molecule has 0 bridgehead atoms. The lowest BCUT2D eigenvalue weighted by Gasteiger charge is -2.36. The molecule has 0 amide bonds. The molecule has 1 unspecified atom stereocenters. The van der Waals surface area contributed by atoms with E-state index in [1.807, 2.05) is 18.2 Å². The molecule has 6 heteroatoms. The van der Waals surface area contributed by atoms with Gasteiger partial charge < -0.3 is 10.1 Å². The molecule has 3 rings (SSSR count). The molecular formula is C18H19BrF2N2O. The third kappa shape index (κ3) is 3.61. The molecule has 24 heavy (non-hydrogen) atoms. The molecule has 1 aliphatic heterocycles. The molecule has 2 aromatic rings. The fourth-order valence-corrected chi connectivity index (χ4v) is 3.52. The van der Waals surface area contributed by atoms with Crippen LogP contribution < -0.4 is 10.1 Å². The second kappa shape index (κ2) is 7.59. The lowest BCUT2D eigenvalue weighted by atomic mass is 9.95. The SMILES string of the molecule is COc1ccc(Br)cc1C(c1ccc(F)cc1F)N1CCNCC1. The number of piperazine rings is 1. The van der Waals surface area contributed by atoms with Crippen molar-refractivity contribution in [2.24, 2.45) is 0 Å². The van der Waals surface area contributed by atoms with Gasteiger partial charge in [-0.3, -0.25) is 4.90 Å². The number of rotatable bonds is 4. The highest BCUT2D eigenvalue weighted by molar-refractivity contribution is 9.10. The molecule has 128 valence electrons. The number of halogens is 3. The van der Waals surface area contributed by atoms with Crippen molar-refractivity contribution in [2.75, 3.05) is 33.3 Å². The van der Waals surface area contributed by atoms with Crippen molar-refractivity contribution in [3.63, 3.8) is 0 Å². The summed E-state index contributed by atoms with van der Waals surface area (Å²) in [5.74, 6) is -0.428. The molecule has 1 atom stereocenters. The van der Waals surface area contributed by atoms with Crippen LogP contribution in [0.3, 0.4) is 0 Å². The Bertz CT molecular complexity index is 720. The summed E-state index contributed by atoms with van der Waals surface area (Å²) in [6.07, 6.45) is 0. The maximum Gasteiger partial charge on any atom is 0.131 e. The van der Waals surface area contributed by atoms with Crippen molar-refractivity contribution < 1.29 is 13.5 Å². The fraction of sp³-hybridized carbons (Fsp3) is 0.333. The first-order valence-electron chi connectivity index (χ1n) is 7.83. The summed E-state index contributed by atoms with van der Waals surface area (Å²) >= 11 is 3.48. The first-order valence-corrected chi connectivity index (χ1v) is 8.62. The van der Waals surface area contributed by atoms with Gasteiger partial charge in [-0.2, -0.15) is 0 Å². The second-order valence-corrected chi connectivity index (χ2v) is 6.66. The van der Waals surface area contributed by atoms with Crippen LogP contribution in [0.2, 0.25) is 0 Å². The molecule has 0 saturated carbocycles. The average Bonchev–Trinajstić information content (AvgIpc) is 2.58. The molecule has 3 nitrogen and oxygen atoms in total. The molecule has 0 spiro atoms. The maximum atomic E-state index is 14.5. The van der Waals surface area contributed by atoms with Crippen LogP contribution in [0.5, 0.6) is 5.75 Å². The van der Waals surface area contributed by atoms with Gasteiger partial charge in [-0.05, 0) is 24.3 Å². The van der Waals surface area contributed by atoms with Gasteiger partial charge in [-0.25, -0.2) is 8.78 Å². The minimum Gasteiger partial charge on any atom is -0.496 e. The first-order chi connectivity index (χ1) is 11.6. The van der Waals surface area contributed by atoms with E-state index < -0.39 is 11.6 Å². The number of nitrogens with zero attached hydrogens (tertiary/aromatic N) is 1. The van der Waals surface area contributed by atoms with E-state index in [-0.39, 0.29) is 6.04 Å². The Morgan fingerprint density at radius 3 is 2.50 bits per heavy atom. The zero-order valence-corrected chi connectivity index (χ0v) is 14.9. The van der Waals surface area contributed by atoms with E-state index in [1.165, 1.54) is 12.1 Å². The van der Waals surface area contributed by atoms with E-state index in [0.29, 0.717) is 11.3 Å². The number of methoxy groups -OCH3 is 1. The molecule has 1 saturated heterocycles. The smallest absolute Gasteiger partial charge is 0.131 e. The summed E-state index contributed by atoms with van der Waals surface area (Å²) in [6.45, 7) is 3.21. The van der Waals surface area contributed by atoms with Gasteiger partial charge in [0.2, 0.25) is 0 Å². The zero-order chi connectivity index (χ0) is 17.1. The van der Waals surface area contributed by atoms with E-state index >= 15 is 0 Å². The minimum atomic E-state index is -0.573. The first kappa shape index (κ1) is 17.3. The van der Waals surface area contributed by atoms with Gasteiger partial charge in [0.15, 0.2) is 0 Å². The topological polar surface area (TPSA) is 24.5 Å². The molecule has 1 N–H and O–H groups in total. The number of ether oxygens (including phenoxy) is 1. The van der Waals surface area contributed by atoms with Crippen LogP contribution in [0.25, 0.3) is 0 Å². The van der Waals surface area contributed by atoms with Crippen molar-refractivity contribution in [3.05, 3.63) is 63.6 Å². The van der Waals surface area contributed by atoms with Crippen molar-refractivity contribution in [1.29, 1.82) is 0 Å². The van der Waals surface area contributed by atoms with Crippen LogP contribution in [0, 0.1) is 11.6 Å². The number of benzene rings is 2. The van der Waals surface area contributed by atoms with Crippen molar-refractivity contribution >= 4 is 15.9 Å². The minimum absolute atomic E-state index is 0.333. The van der Waals surface area contributed by atoms with Gasteiger partial charge in [-0.15, -0.1) is 0 Å². The molecule has 1 aliphatic rings. The summed E-state index contributed by atoms with van der Waals surface area (Å²) in [7, 11) is 1.60. The van der Waals surface area contributed by atoms with Gasteiger partial charge >= 0.3 is 0 Å². The fourth-order valence-electron chi connectivity index (χ4n) is 3.14. The molecule has 0 aromatic heterocycles. The molecular weight excluding hydrogens is 378 g/mol. The van der Waals surface area contributed by atoms with Crippen LogP contribution >= 0.6 is 15.9 Å². The molecule has 0 radical (unpaired) electrons. The summed E-state index contributed by atoms with van der Waals surface area (Å²) in [5, 5.41) is 3.30. The Labute approximate surface area is 148 Å². The standard InChI is InChI=1S/C18H19BrF2N2O/c1-24-17-5-2-12(19)10-15(17)18(23-8-6-22-7-9-23)14-4-3-13(20)11-16(14)21/h2-5,10-11,18,22H,6-9H2,1H3. The Balaban J connectivity index is 2.13. The van der Waals surface area contributed by atoms with E-state index in [4.69, 9.17) is 4.74 Å². The number of nitrogens with one attached hydrogen (secondary N) is 1. The third-order valence-corrected chi connectivity index (χ3v) is 4.75. The number of hydrogen-bond donors (Lipinski definition) is 1. The van der Waals surface area contributed by atoms with Crippen molar-refractivity contribution in [2.45, 2.75) is 6.04 Å². The van der Waals surface area contributed by atoms with E-state index in [2.05, 4.69) is 26.1 Å². The monoisotopic (exact) mass is 396 g/mol. The van der Waals surface area contributed by atoms with Crippen molar-refractivity contribution in [3.8, 4) is 5.75 Å².